The highest BCUT2D eigenvalue weighted by molar-refractivity contribution is 6.05. The molecule has 56 heavy (non-hydrogen) atoms. The van der Waals surface area contributed by atoms with Crippen LogP contribution in [0.2, 0.25) is 0 Å². The van der Waals surface area contributed by atoms with Crippen molar-refractivity contribution in [2.75, 3.05) is 26.2 Å². The Bertz CT molecular complexity index is 2150. The number of piperidine rings is 1. The lowest BCUT2D eigenvalue weighted by Gasteiger charge is -2.41. The lowest BCUT2D eigenvalue weighted by molar-refractivity contribution is -0.145. The van der Waals surface area contributed by atoms with Crippen LogP contribution in [-0.2, 0) is 32.6 Å². The zero-order valence-corrected chi connectivity index (χ0v) is 31.3. The van der Waals surface area contributed by atoms with E-state index in [9.17, 15) is 33.9 Å². The fourth-order valence-electron chi connectivity index (χ4n) is 6.75. The highest BCUT2D eigenvalue weighted by Crippen LogP contribution is 2.32. The second-order valence-corrected chi connectivity index (χ2v) is 14.0. The number of aromatic nitrogens is 2. The molecule has 5 N–H and O–H groups in total. The third-order valence-corrected chi connectivity index (χ3v) is 9.96. The van der Waals surface area contributed by atoms with E-state index in [4.69, 9.17) is 9.47 Å². The number of hydrogen-bond acceptors (Lipinski definition) is 10. The van der Waals surface area contributed by atoms with E-state index in [0.717, 1.165) is 10.2 Å². The number of aryl methyl sites for hydroxylation is 1. The molecule has 4 aromatic rings. The Kier molecular flexibility index (Phi) is 12.0. The average molecular weight is 768 g/mol. The molecular weight excluding hydrogens is 722 g/mol. The SMILES string of the molecule is C[C@@H]1NC(=O)C([C@@H](C)O)NC(=O)C2(CCN(C(=O)c3nn(C)c(=O)c4ccccc34)CC2)Oc2ccc(cc2)OCCNC(=O)[C@H](Cc2ccccc2)NC1=O. The maximum atomic E-state index is 14.3. The summed E-state index contributed by atoms with van der Waals surface area (Å²) in [6, 6.07) is 18.7. The summed E-state index contributed by atoms with van der Waals surface area (Å²) < 4.78 is 13.4. The Morgan fingerprint density at radius 2 is 1.50 bits per heavy atom. The third-order valence-electron chi connectivity index (χ3n) is 9.96. The highest BCUT2D eigenvalue weighted by Gasteiger charge is 2.47. The predicted octanol–water partition coefficient (Wildman–Crippen LogP) is 0.594. The van der Waals surface area contributed by atoms with Gasteiger partial charge in [0, 0.05) is 44.8 Å². The Labute approximate surface area is 322 Å². The molecule has 1 unspecified atom stereocenters. The van der Waals surface area contributed by atoms with Crippen LogP contribution in [0.15, 0.2) is 83.7 Å². The predicted molar refractivity (Wildman–Crippen MR) is 204 cm³/mol. The van der Waals surface area contributed by atoms with Crippen molar-refractivity contribution in [1.29, 1.82) is 0 Å². The lowest BCUT2D eigenvalue weighted by atomic mass is 9.89. The van der Waals surface area contributed by atoms with Crippen LogP contribution in [0.5, 0.6) is 11.5 Å². The second kappa shape index (κ2) is 17.0. The van der Waals surface area contributed by atoms with Gasteiger partial charge in [-0.05, 0) is 49.7 Å². The molecule has 4 heterocycles. The highest BCUT2D eigenvalue weighted by atomic mass is 16.5. The summed E-state index contributed by atoms with van der Waals surface area (Å²) in [5, 5.41) is 26.5. The van der Waals surface area contributed by atoms with Crippen LogP contribution in [0.3, 0.4) is 0 Å². The van der Waals surface area contributed by atoms with Crippen LogP contribution < -0.4 is 36.3 Å². The number of carbonyl (C=O) groups excluding carboxylic acids is 5. The standard InChI is InChI=1S/C40H45N7O9/c1-24-34(49)43-31(23-26-9-5-4-6-10-26)35(50)41-19-22-55-27-13-15-28(16-14-27)56-40(39(54)44-32(25(2)48)36(51)42-24)17-20-47(21-18-40)38(53)33-29-11-7-8-12-30(29)37(52)46(3)45-33/h4-16,24-25,31-32,48H,17-23H2,1-3H3,(H,41,50)(H,42,51)(H,43,49)(H,44,54)/t24-,25+,31-,32?/m0/s1. The quantitative estimate of drug-likeness (QED) is 0.183. The number of likely N-dealkylation sites (tertiary alicyclic amines) is 1. The Morgan fingerprint density at radius 1 is 0.857 bits per heavy atom. The molecule has 0 saturated carbocycles. The number of rotatable bonds is 4. The van der Waals surface area contributed by atoms with Gasteiger partial charge in [-0.1, -0.05) is 48.5 Å². The number of nitrogens with zero attached hydrogens (tertiary/aromatic N) is 3. The van der Waals surface area contributed by atoms with E-state index in [2.05, 4.69) is 26.4 Å². The number of amides is 5. The molecule has 0 radical (unpaired) electrons. The molecule has 2 bridgehead atoms. The molecule has 4 atom stereocenters. The summed E-state index contributed by atoms with van der Waals surface area (Å²) in [5.41, 5.74) is -1.06. The zero-order chi connectivity index (χ0) is 40.0. The van der Waals surface area contributed by atoms with Gasteiger partial charge in [0.2, 0.25) is 17.7 Å². The largest absolute Gasteiger partial charge is 0.492 e. The van der Waals surface area contributed by atoms with E-state index >= 15 is 0 Å². The molecule has 16 nitrogen and oxygen atoms in total. The number of ether oxygens (including phenoxy) is 2. The first-order valence-corrected chi connectivity index (χ1v) is 18.4. The molecular formula is C40H45N7O9. The second-order valence-electron chi connectivity index (χ2n) is 14.0. The average Bonchev–Trinajstić information content (AvgIpc) is 3.20. The molecule has 3 aliphatic heterocycles. The molecule has 3 aromatic carbocycles. The molecule has 1 spiro atoms. The van der Waals surface area contributed by atoms with Gasteiger partial charge in [-0.15, -0.1) is 0 Å². The summed E-state index contributed by atoms with van der Waals surface area (Å²) in [7, 11) is 1.47. The Balaban J connectivity index is 1.26. The van der Waals surface area contributed by atoms with Crippen molar-refractivity contribution in [2.24, 2.45) is 7.05 Å². The maximum Gasteiger partial charge on any atom is 0.274 e. The number of benzene rings is 3. The molecule has 7 rings (SSSR count). The minimum Gasteiger partial charge on any atom is -0.492 e. The molecule has 294 valence electrons. The van der Waals surface area contributed by atoms with Gasteiger partial charge in [0.05, 0.1) is 18.0 Å². The van der Waals surface area contributed by atoms with Gasteiger partial charge >= 0.3 is 0 Å². The molecule has 1 aromatic heterocycles. The van der Waals surface area contributed by atoms with Crippen molar-refractivity contribution in [3.63, 3.8) is 0 Å². The van der Waals surface area contributed by atoms with Crippen molar-refractivity contribution in [3.8, 4) is 11.5 Å². The van der Waals surface area contributed by atoms with Crippen molar-refractivity contribution in [3.05, 3.63) is 100 Å². The van der Waals surface area contributed by atoms with Crippen LogP contribution in [0.1, 0.15) is 42.7 Å². The van der Waals surface area contributed by atoms with Gasteiger partial charge in [0.25, 0.3) is 17.4 Å². The summed E-state index contributed by atoms with van der Waals surface area (Å²) in [6.45, 7) is 3.08. The van der Waals surface area contributed by atoms with E-state index in [0.29, 0.717) is 22.3 Å². The van der Waals surface area contributed by atoms with Crippen LogP contribution >= 0.6 is 0 Å². The van der Waals surface area contributed by atoms with Gasteiger partial charge in [0.15, 0.2) is 11.3 Å². The monoisotopic (exact) mass is 767 g/mol. The van der Waals surface area contributed by atoms with Gasteiger partial charge < -0.3 is 40.7 Å². The van der Waals surface area contributed by atoms with Gasteiger partial charge in [-0.2, -0.15) is 5.10 Å². The maximum absolute atomic E-state index is 14.3. The van der Waals surface area contributed by atoms with Crippen LogP contribution in [-0.4, -0.2) is 105 Å². The van der Waals surface area contributed by atoms with Crippen LogP contribution in [0.4, 0.5) is 0 Å². The number of aliphatic hydroxyl groups excluding tert-OH is 1. The topological polar surface area (TPSA) is 210 Å². The minimum absolute atomic E-state index is 0.0119. The fraction of sp³-hybridized carbons (Fsp3) is 0.375. The van der Waals surface area contributed by atoms with E-state index in [1.54, 1.807) is 48.5 Å². The number of aliphatic hydroxyl groups is 1. The number of nitrogens with one attached hydrogen (secondary N) is 4. The van der Waals surface area contributed by atoms with E-state index in [1.807, 2.05) is 30.3 Å². The summed E-state index contributed by atoms with van der Waals surface area (Å²) in [4.78, 5) is 82.7. The minimum atomic E-state index is -1.61. The fourth-order valence-corrected chi connectivity index (χ4v) is 6.75. The molecule has 1 fully saturated rings. The van der Waals surface area contributed by atoms with Gasteiger partial charge in [-0.3, -0.25) is 28.8 Å². The van der Waals surface area contributed by atoms with Crippen molar-refractivity contribution >= 4 is 40.3 Å². The van der Waals surface area contributed by atoms with Crippen LogP contribution in [0, 0.1) is 0 Å². The van der Waals surface area contributed by atoms with Crippen molar-refractivity contribution < 1.29 is 38.6 Å². The molecule has 5 amide bonds. The summed E-state index contributed by atoms with van der Waals surface area (Å²) >= 11 is 0. The Hall–Kier alpha value is -6.29. The number of carbonyl (C=O) groups is 5. The third kappa shape index (κ3) is 8.81. The van der Waals surface area contributed by atoms with E-state index in [1.165, 1.54) is 25.8 Å². The van der Waals surface area contributed by atoms with Gasteiger partial charge in [-0.25, -0.2) is 4.68 Å². The van der Waals surface area contributed by atoms with E-state index in [-0.39, 0.29) is 56.8 Å². The van der Waals surface area contributed by atoms with E-state index < -0.39 is 59.4 Å². The summed E-state index contributed by atoms with van der Waals surface area (Å²) in [5.74, 6) is -2.34. The first kappa shape index (κ1) is 39.4. The molecule has 16 heteroatoms. The molecule has 0 aliphatic carbocycles. The molecule has 1 saturated heterocycles. The molecule has 3 aliphatic rings. The summed E-state index contributed by atoms with van der Waals surface area (Å²) in [6.07, 6.45) is -1.25. The van der Waals surface area contributed by atoms with Crippen LogP contribution in [0.25, 0.3) is 10.8 Å². The lowest BCUT2D eigenvalue weighted by Crippen LogP contribution is -2.64. The number of fused-ring (bicyclic) bond motifs is 16. The first-order chi connectivity index (χ1) is 26.8. The van der Waals surface area contributed by atoms with Crippen molar-refractivity contribution in [2.45, 2.75) is 62.9 Å². The Morgan fingerprint density at radius 3 is 2.18 bits per heavy atom. The smallest absolute Gasteiger partial charge is 0.274 e. The van der Waals surface area contributed by atoms with Crippen molar-refractivity contribution in [1.82, 2.24) is 35.9 Å². The zero-order valence-electron chi connectivity index (χ0n) is 31.3. The normalized spacial score (nSPS) is 21.5. The first-order valence-electron chi connectivity index (χ1n) is 18.4. The van der Waals surface area contributed by atoms with Gasteiger partial charge in [0.1, 0.15) is 36.2 Å². The number of hydrogen-bond donors (Lipinski definition) is 5.